The third-order valence-electron chi connectivity index (χ3n) is 6.67. The summed E-state index contributed by atoms with van der Waals surface area (Å²) in [6.45, 7) is -0.348. The van der Waals surface area contributed by atoms with Gasteiger partial charge in [-0.25, -0.2) is 4.39 Å². The van der Waals surface area contributed by atoms with Crippen LogP contribution in [0.15, 0.2) is 39.7 Å². The molecule has 4 aliphatic rings. The molecule has 0 spiro atoms. The van der Waals surface area contributed by atoms with Crippen LogP contribution in [-0.4, -0.2) is 39.4 Å². The molecule has 2 saturated carbocycles. The zero-order chi connectivity index (χ0) is 21.4. The molecule has 1 saturated heterocycles. The van der Waals surface area contributed by atoms with Crippen molar-refractivity contribution < 1.29 is 18.8 Å². The Morgan fingerprint density at radius 3 is 2.68 bits per heavy atom. The summed E-state index contributed by atoms with van der Waals surface area (Å²) in [7, 11) is 0. The van der Waals surface area contributed by atoms with Crippen LogP contribution in [0, 0.1) is 29.5 Å². The molecular formula is C21H16FN3O4S2. The van der Waals surface area contributed by atoms with Gasteiger partial charge in [-0.1, -0.05) is 28.7 Å². The number of carbonyl (C=O) groups is 3. The second kappa shape index (κ2) is 6.64. The molecule has 10 heteroatoms. The first-order valence-corrected chi connectivity index (χ1v) is 11.6. The van der Waals surface area contributed by atoms with Crippen molar-refractivity contribution in [3.05, 3.63) is 50.2 Å². The maximum atomic E-state index is 13.1. The fraction of sp³-hybridized carbons (Fsp3) is 0.333. The van der Waals surface area contributed by atoms with Gasteiger partial charge >= 0.3 is 4.87 Å². The van der Waals surface area contributed by atoms with Gasteiger partial charge in [-0.15, -0.1) is 0 Å². The molecule has 1 aromatic heterocycles. The topological polar surface area (TPSA) is 99.3 Å². The molecule has 2 aromatic rings. The number of thiazole rings is 1. The summed E-state index contributed by atoms with van der Waals surface area (Å²) in [6.07, 6.45) is 2.80. The van der Waals surface area contributed by atoms with Gasteiger partial charge in [0.2, 0.25) is 17.7 Å². The number of anilines is 1. The van der Waals surface area contributed by atoms with Gasteiger partial charge in [0.15, 0.2) is 0 Å². The molecule has 2 aliphatic carbocycles. The van der Waals surface area contributed by atoms with E-state index in [0.29, 0.717) is 5.69 Å². The molecular weight excluding hydrogens is 441 g/mol. The lowest BCUT2D eigenvalue weighted by Gasteiger charge is -2.32. The highest BCUT2D eigenvalue weighted by molar-refractivity contribution is 8.00. The van der Waals surface area contributed by atoms with E-state index in [2.05, 4.69) is 10.3 Å². The van der Waals surface area contributed by atoms with E-state index in [-0.39, 0.29) is 40.3 Å². The number of hydrogen-bond donors (Lipinski definition) is 2. The third kappa shape index (κ3) is 2.77. The molecule has 2 aliphatic heterocycles. The van der Waals surface area contributed by atoms with Crippen molar-refractivity contribution in [3.63, 3.8) is 0 Å². The predicted molar refractivity (Wildman–Crippen MR) is 113 cm³/mol. The van der Waals surface area contributed by atoms with Crippen molar-refractivity contribution >= 4 is 52.6 Å². The number of carbonyl (C=O) groups excluding carboxylic acids is 3. The summed E-state index contributed by atoms with van der Waals surface area (Å²) in [4.78, 5) is 55.1. The highest BCUT2D eigenvalue weighted by atomic mass is 32.2. The number of aromatic amines is 1. The second-order valence-electron chi connectivity index (χ2n) is 8.27. The number of aromatic nitrogens is 1. The van der Waals surface area contributed by atoms with Crippen LogP contribution in [0.5, 0.6) is 0 Å². The Balaban J connectivity index is 1.23. The molecule has 1 aromatic carbocycles. The Labute approximate surface area is 183 Å². The molecule has 2 bridgehead atoms. The van der Waals surface area contributed by atoms with Crippen LogP contribution in [-0.2, 0) is 14.4 Å². The Morgan fingerprint density at radius 2 is 1.90 bits per heavy atom. The summed E-state index contributed by atoms with van der Waals surface area (Å²) in [5.74, 6) is -2.36. The van der Waals surface area contributed by atoms with Crippen LogP contribution in [0.2, 0.25) is 0 Å². The van der Waals surface area contributed by atoms with E-state index in [1.807, 2.05) is 6.08 Å². The van der Waals surface area contributed by atoms with Crippen LogP contribution >= 0.6 is 23.1 Å². The summed E-state index contributed by atoms with van der Waals surface area (Å²) in [5, 5.41) is 3.52. The van der Waals surface area contributed by atoms with Crippen LogP contribution in [0.3, 0.4) is 0 Å². The zero-order valence-electron chi connectivity index (χ0n) is 16.0. The summed E-state index contributed by atoms with van der Waals surface area (Å²) < 4.78 is 13.0. The normalized spacial score (nSPS) is 30.2. The molecule has 3 amide bonds. The first kappa shape index (κ1) is 19.0. The highest BCUT2D eigenvalue weighted by Crippen LogP contribution is 2.64. The molecule has 31 heavy (non-hydrogen) atoms. The molecule has 3 fully saturated rings. The van der Waals surface area contributed by atoms with E-state index in [9.17, 15) is 23.6 Å². The first-order chi connectivity index (χ1) is 14.9. The molecule has 2 N–H and O–H groups in total. The fourth-order valence-electron chi connectivity index (χ4n) is 5.51. The number of fused-ring (bicyclic) bond motifs is 9. The Bertz CT molecular complexity index is 1230. The number of imide groups is 1. The van der Waals surface area contributed by atoms with Crippen molar-refractivity contribution in [2.45, 2.75) is 16.7 Å². The molecule has 5 atom stereocenters. The highest BCUT2D eigenvalue weighted by Gasteiger charge is 2.66. The molecule has 6 rings (SSSR count). The van der Waals surface area contributed by atoms with Crippen molar-refractivity contribution in [2.75, 3.05) is 11.9 Å². The monoisotopic (exact) mass is 457 g/mol. The smallest absolute Gasteiger partial charge is 0.305 e. The van der Waals surface area contributed by atoms with Crippen LogP contribution in [0.4, 0.5) is 10.1 Å². The maximum Gasteiger partial charge on any atom is 0.305 e. The zero-order valence-corrected chi connectivity index (χ0v) is 17.6. The van der Waals surface area contributed by atoms with Gasteiger partial charge in [-0.05, 0) is 48.6 Å². The van der Waals surface area contributed by atoms with Crippen LogP contribution in [0.25, 0.3) is 6.08 Å². The molecule has 7 nitrogen and oxygen atoms in total. The van der Waals surface area contributed by atoms with Crippen LogP contribution in [0.1, 0.15) is 11.3 Å². The number of nitrogens with zero attached hydrogens (tertiary/aromatic N) is 1. The van der Waals surface area contributed by atoms with Gasteiger partial charge in [-0.2, -0.15) is 0 Å². The summed E-state index contributed by atoms with van der Waals surface area (Å²) >= 11 is 2.73. The summed E-state index contributed by atoms with van der Waals surface area (Å²) in [5.41, 5.74) is 1.54. The lowest BCUT2D eigenvalue weighted by molar-refractivity contribution is -0.143. The standard InChI is InChI=1S/C21H16FN3O4S2/c22-8-1-3-9(4-2-8)23-14(26)7-25-19(27)15-10-5-12(16(15)20(25)28)17-11(10)6-13-18(31-17)24-21(29)30-13/h1-4,6,10,12,15-17H,5,7H2,(H,23,26)(H,24,29)/t10-,12+,15+,16-,17+/m0/s1. The van der Waals surface area contributed by atoms with E-state index in [1.165, 1.54) is 24.3 Å². The summed E-state index contributed by atoms with van der Waals surface area (Å²) in [6, 6.07) is 5.30. The minimum absolute atomic E-state index is 0.0180. The van der Waals surface area contributed by atoms with Crippen molar-refractivity contribution in [1.29, 1.82) is 0 Å². The van der Waals surface area contributed by atoms with Crippen LogP contribution < -0.4 is 10.2 Å². The largest absolute Gasteiger partial charge is 0.325 e. The number of benzene rings is 1. The lowest BCUT2D eigenvalue weighted by atomic mass is 9.77. The van der Waals surface area contributed by atoms with E-state index in [0.717, 1.165) is 38.1 Å². The Morgan fingerprint density at radius 1 is 1.16 bits per heavy atom. The van der Waals surface area contributed by atoms with E-state index >= 15 is 0 Å². The number of rotatable bonds is 3. The van der Waals surface area contributed by atoms with Gasteiger partial charge < -0.3 is 10.3 Å². The third-order valence-corrected chi connectivity index (χ3v) is 9.06. The maximum absolute atomic E-state index is 13.1. The van der Waals surface area contributed by atoms with Gasteiger partial charge in [0.25, 0.3) is 0 Å². The second-order valence-corrected chi connectivity index (χ2v) is 10.4. The number of H-pyrrole nitrogens is 1. The van der Waals surface area contributed by atoms with E-state index < -0.39 is 23.6 Å². The number of halogens is 1. The van der Waals surface area contributed by atoms with E-state index in [4.69, 9.17) is 0 Å². The Hall–Kier alpha value is -2.72. The lowest BCUT2D eigenvalue weighted by Crippen LogP contribution is -2.39. The molecule has 0 unspecified atom stereocenters. The number of hydrogen-bond acceptors (Lipinski definition) is 6. The van der Waals surface area contributed by atoms with Crippen molar-refractivity contribution in [3.8, 4) is 0 Å². The predicted octanol–water partition coefficient (Wildman–Crippen LogP) is 2.32. The fourth-order valence-corrected chi connectivity index (χ4v) is 7.95. The average Bonchev–Trinajstić information content (AvgIpc) is 3.45. The van der Waals surface area contributed by atoms with Gasteiger partial charge in [-0.3, -0.25) is 24.1 Å². The van der Waals surface area contributed by atoms with Gasteiger partial charge in [0.1, 0.15) is 12.4 Å². The molecule has 158 valence electrons. The number of nitrogens with one attached hydrogen (secondary N) is 2. The SMILES string of the molecule is O=C(CN1C(=O)[C@H]2[C@H]3C[C@@H](C4=Cc5sc(=O)[nH]c5S[C@H]43)[C@H]2C1=O)Nc1ccc(F)cc1. The Kier molecular flexibility index (Phi) is 4.07. The molecule has 3 heterocycles. The van der Waals surface area contributed by atoms with Crippen molar-refractivity contribution in [2.24, 2.45) is 23.7 Å². The first-order valence-electron chi connectivity index (χ1n) is 9.92. The van der Waals surface area contributed by atoms with Crippen molar-refractivity contribution in [1.82, 2.24) is 9.88 Å². The van der Waals surface area contributed by atoms with Gasteiger partial charge in [0, 0.05) is 10.9 Å². The number of thioether (sulfide) groups is 1. The number of amides is 3. The van der Waals surface area contributed by atoms with Gasteiger partial charge in [0.05, 0.1) is 21.7 Å². The average molecular weight is 458 g/mol. The minimum Gasteiger partial charge on any atom is -0.325 e. The van der Waals surface area contributed by atoms with E-state index in [1.54, 1.807) is 11.8 Å². The minimum atomic E-state index is -0.494. The molecule has 0 radical (unpaired) electrons. The number of likely N-dealkylation sites (tertiary alicyclic amines) is 1. The quantitative estimate of drug-likeness (QED) is 0.690.